The number of rotatable bonds is 4. The van der Waals surface area contributed by atoms with Crippen LogP contribution in [0.5, 0.6) is 11.5 Å². The summed E-state index contributed by atoms with van der Waals surface area (Å²) in [4.78, 5) is 7.79. The van der Waals surface area contributed by atoms with Gasteiger partial charge in [-0.25, -0.2) is 4.98 Å². The van der Waals surface area contributed by atoms with Gasteiger partial charge in [0, 0.05) is 5.56 Å². The molecular formula is C20H19N3O2. The minimum Gasteiger partial charge on any atom is -0.497 e. The van der Waals surface area contributed by atoms with E-state index < -0.39 is 0 Å². The fourth-order valence-electron chi connectivity index (χ4n) is 2.66. The summed E-state index contributed by atoms with van der Waals surface area (Å²) in [6, 6.07) is 11.7. The summed E-state index contributed by atoms with van der Waals surface area (Å²) < 4.78 is 10.6. The molecule has 5 heteroatoms. The number of benzene rings is 2. The number of fused-ring (bicyclic) bond motifs is 1. The Morgan fingerprint density at radius 2 is 1.88 bits per heavy atom. The van der Waals surface area contributed by atoms with Gasteiger partial charge >= 0.3 is 0 Å². The van der Waals surface area contributed by atoms with Gasteiger partial charge in [-0.3, -0.25) is 0 Å². The summed E-state index contributed by atoms with van der Waals surface area (Å²) in [7, 11) is 3.20. The standard InChI is InChI=1S/C20H19N3O2/c1-12-7-17-18(8-13(12)2)23-20(22-17)15(11-21)9-14-10-16(24-3)5-6-19(14)25-4/h5-10H,1-4H3,(H,22,23)/b15-9+. The number of methoxy groups -OCH3 is 2. The number of hydrogen-bond acceptors (Lipinski definition) is 4. The number of aromatic amines is 1. The molecule has 0 atom stereocenters. The zero-order valence-corrected chi connectivity index (χ0v) is 14.7. The van der Waals surface area contributed by atoms with Crippen LogP contribution in [0, 0.1) is 25.2 Å². The summed E-state index contributed by atoms with van der Waals surface area (Å²) in [5, 5.41) is 9.61. The molecule has 0 aliphatic heterocycles. The number of nitrogens with zero attached hydrogens (tertiary/aromatic N) is 2. The molecular weight excluding hydrogens is 314 g/mol. The van der Waals surface area contributed by atoms with Gasteiger partial charge in [-0.1, -0.05) is 0 Å². The molecule has 1 aromatic heterocycles. The quantitative estimate of drug-likeness (QED) is 0.724. The van der Waals surface area contributed by atoms with E-state index in [0.29, 0.717) is 22.9 Å². The molecule has 1 heterocycles. The molecule has 0 saturated heterocycles. The van der Waals surface area contributed by atoms with Crippen LogP contribution < -0.4 is 9.47 Å². The normalized spacial score (nSPS) is 11.4. The second kappa shape index (κ2) is 6.70. The van der Waals surface area contributed by atoms with Crippen LogP contribution in [0.25, 0.3) is 22.7 Å². The van der Waals surface area contributed by atoms with Crippen molar-refractivity contribution in [2.45, 2.75) is 13.8 Å². The Bertz CT molecular complexity index is 971. The molecule has 3 rings (SSSR count). The molecule has 0 amide bonds. The monoisotopic (exact) mass is 333 g/mol. The summed E-state index contributed by atoms with van der Waals surface area (Å²) >= 11 is 0. The zero-order valence-electron chi connectivity index (χ0n) is 14.7. The lowest BCUT2D eigenvalue weighted by atomic mass is 10.1. The Kier molecular flexibility index (Phi) is 4.44. The summed E-state index contributed by atoms with van der Waals surface area (Å²) in [6.07, 6.45) is 1.75. The maximum atomic E-state index is 9.61. The van der Waals surface area contributed by atoms with Crippen LogP contribution in [0.3, 0.4) is 0 Å². The van der Waals surface area contributed by atoms with Gasteiger partial charge in [0.15, 0.2) is 0 Å². The van der Waals surface area contributed by atoms with E-state index in [4.69, 9.17) is 9.47 Å². The van der Waals surface area contributed by atoms with Crippen molar-refractivity contribution in [2.24, 2.45) is 0 Å². The molecule has 0 saturated carbocycles. The van der Waals surface area contributed by atoms with Gasteiger partial charge < -0.3 is 14.5 Å². The van der Waals surface area contributed by atoms with E-state index in [9.17, 15) is 5.26 Å². The van der Waals surface area contributed by atoms with Crippen molar-refractivity contribution in [1.29, 1.82) is 5.26 Å². The lowest BCUT2D eigenvalue weighted by molar-refractivity contribution is 0.402. The first kappa shape index (κ1) is 16.6. The van der Waals surface area contributed by atoms with Crippen molar-refractivity contribution >= 4 is 22.7 Å². The van der Waals surface area contributed by atoms with Crippen LogP contribution in [-0.4, -0.2) is 24.2 Å². The lowest BCUT2D eigenvalue weighted by Crippen LogP contribution is -1.91. The molecule has 126 valence electrons. The van der Waals surface area contributed by atoms with Gasteiger partial charge in [-0.15, -0.1) is 0 Å². The highest BCUT2D eigenvalue weighted by atomic mass is 16.5. The van der Waals surface area contributed by atoms with Crippen molar-refractivity contribution in [2.75, 3.05) is 14.2 Å². The van der Waals surface area contributed by atoms with E-state index in [2.05, 4.69) is 23.0 Å². The SMILES string of the molecule is COc1ccc(OC)c(/C=C(\C#N)c2nc3cc(C)c(C)cc3[nH]2)c1. The van der Waals surface area contributed by atoms with E-state index >= 15 is 0 Å². The highest BCUT2D eigenvalue weighted by Crippen LogP contribution is 2.28. The molecule has 0 aliphatic carbocycles. The van der Waals surface area contributed by atoms with Crippen LogP contribution in [0.4, 0.5) is 0 Å². The third kappa shape index (κ3) is 3.20. The Balaban J connectivity index is 2.12. The van der Waals surface area contributed by atoms with Gasteiger partial charge in [0.25, 0.3) is 0 Å². The number of aryl methyl sites for hydroxylation is 2. The minimum atomic E-state index is 0.429. The molecule has 0 unspecified atom stereocenters. The molecule has 25 heavy (non-hydrogen) atoms. The number of imidazole rings is 1. The predicted octanol–water partition coefficient (Wildman–Crippen LogP) is 4.26. The topological polar surface area (TPSA) is 70.9 Å². The minimum absolute atomic E-state index is 0.429. The molecule has 5 nitrogen and oxygen atoms in total. The molecule has 0 fully saturated rings. The van der Waals surface area contributed by atoms with Gasteiger partial charge in [0.1, 0.15) is 23.4 Å². The first-order chi connectivity index (χ1) is 12.0. The Morgan fingerprint density at radius 3 is 2.56 bits per heavy atom. The van der Waals surface area contributed by atoms with Crippen LogP contribution in [0.2, 0.25) is 0 Å². The van der Waals surface area contributed by atoms with E-state index in [1.807, 2.05) is 37.3 Å². The third-order valence-electron chi connectivity index (χ3n) is 4.21. The number of nitrogens with one attached hydrogen (secondary N) is 1. The van der Waals surface area contributed by atoms with E-state index in [0.717, 1.165) is 16.6 Å². The number of H-pyrrole nitrogens is 1. The second-order valence-electron chi connectivity index (χ2n) is 5.82. The summed E-state index contributed by atoms with van der Waals surface area (Å²) in [5.74, 6) is 1.89. The average molecular weight is 333 g/mol. The molecule has 0 spiro atoms. The van der Waals surface area contributed by atoms with E-state index in [1.165, 1.54) is 11.1 Å². The van der Waals surface area contributed by atoms with Crippen molar-refractivity contribution in [1.82, 2.24) is 9.97 Å². The van der Waals surface area contributed by atoms with Crippen molar-refractivity contribution in [3.63, 3.8) is 0 Å². The van der Waals surface area contributed by atoms with Crippen LogP contribution >= 0.6 is 0 Å². The van der Waals surface area contributed by atoms with E-state index in [-0.39, 0.29) is 0 Å². The van der Waals surface area contributed by atoms with Gasteiger partial charge in [-0.05, 0) is 61.4 Å². The Labute approximate surface area is 146 Å². The number of nitriles is 1. The Morgan fingerprint density at radius 1 is 1.12 bits per heavy atom. The molecule has 2 aromatic carbocycles. The maximum absolute atomic E-state index is 9.61. The van der Waals surface area contributed by atoms with Crippen molar-refractivity contribution < 1.29 is 9.47 Å². The molecule has 0 radical (unpaired) electrons. The molecule has 1 N–H and O–H groups in total. The third-order valence-corrected chi connectivity index (χ3v) is 4.21. The van der Waals surface area contributed by atoms with Crippen molar-refractivity contribution in [3.8, 4) is 17.6 Å². The smallest absolute Gasteiger partial charge is 0.149 e. The number of aromatic nitrogens is 2. The fraction of sp³-hybridized carbons (Fsp3) is 0.200. The van der Waals surface area contributed by atoms with Gasteiger partial charge in [-0.2, -0.15) is 5.26 Å². The second-order valence-corrected chi connectivity index (χ2v) is 5.82. The first-order valence-electron chi connectivity index (χ1n) is 7.87. The largest absolute Gasteiger partial charge is 0.497 e. The predicted molar refractivity (Wildman–Crippen MR) is 98.6 cm³/mol. The number of hydrogen-bond donors (Lipinski definition) is 1. The number of ether oxygens (including phenoxy) is 2. The lowest BCUT2D eigenvalue weighted by Gasteiger charge is -2.07. The molecule has 3 aromatic rings. The number of allylic oxidation sites excluding steroid dienone is 1. The highest BCUT2D eigenvalue weighted by molar-refractivity contribution is 5.91. The summed E-state index contributed by atoms with van der Waals surface area (Å²) in [5.41, 5.74) is 5.29. The van der Waals surface area contributed by atoms with Gasteiger partial charge in [0.2, 0.25) is 0 Å². The van der Waals surface area contributed by atoms with Crippen molar-refractivity contribution in [3.05, 3.63) is 52.8 Å². The average Bonchev–Trinajstić information content (AvgIpc) is 3.02. The first-order valence-corrected chi connectivity index (χ1v) is 7.87. The Hall–Kier alpha value is -3.26. The van der Waals surface area contributed by atoms with Crippen LogP contribution in [0.15, 0.2) is 30.3 Å². The summed E-state index contributed by atoms with van der Waals surface area (Å²) in [6.45, 7) is 4.10. The maximum Gasteiger partial charge on any atom is 0.149 e. The highest BCUT2D eigenvalue weighted by Gasteiger charge is 2.11. The zero-order chi connectivity index (χ0) is 18.0. The molecule has 0 bridgehead atoms. The van der Waals surface area contributed by atoms with Gasteiger partial charge in [0.05, 0.1) is 30.8 Å². The van der Waals surface area contributed by atoms with Crippen LogP contribution in [0.1, 0.15) is 22.5 Å². The van der Waals surface area contributed by atoms with E-state index in [1.54, 1.807) is 20.3 Å². The molecule has 0 aliphatic rings. The van der Waals surface area contributed by atoms with Crippen LogP contribution in [-0.2, 0) is 0 Å². The fourth-order valence-corrected chi connectivity index (χ4v) is 2.66.